The van der Waals surface area contributed by atoms with Crippen LogP contribution in [-0.2, 0) is 4.79 Å². The van der Waals surface area contributed by atoms with Crippen LogP contribution in [0.3, 0.4) is 0 Å². The predicted octanol–water partition coefficient (Wildman–Crippen LogP) is 3.38. The Morgan fingerprint density at radius 3 is 2.38 bits per heavy atom. The Kier molecular flexibility index (Phi) is 3.99. The molecule has 2 N–H and O–H groups in total. The largest absolute Gasteiger partial charge is 0.490 e. The molecule has 3 aromatic rings. The van der Waals surface area contributed by atoms with E-state index in [2.05, 4.69) is 4.98 Å². The number of aromatic amines is 1. The van der Waals surface area contributed by atoms with E-state index in [-0.39, 0.29) is 5.56 Å². The Morgan fingerprint density at radius 1 is 1.14 bits per heavy atom. The van der Waals surface area contributed by atoms with Crippen LogP contribution in [-0.4, -0.2) is 22.2 Å². The number of aliphatic carboxylic acids is 1. The summed E-state index contributed by atoms with van der Waals surface area (Å²) < 4.78 is 32.8. The molecule has 4 nitrogen and oxygen atoms in total. The molecule has 0 unspecified atom stereocenters. The van der Waals surface area contributed by atoms with Crippen molar-refractivity contribution in [1.29, 1.82) is 0 Å². The normalized spacial score (nSPS) is 11.2. The van der Waals surface area contributed by atoms with Gasteiger partial charge in [-0.2, -0.15) is 13.2 Å². The molecule has 0 amide bonds. The number of pyridine rings is 1. The number of hydrogen-bond acceptors (Lipinski definition) is 3. The van der Waals surface area contributed by atoms with Gasteiger partial charge in [-0.3, -0.25) is 4.79 Å². The molecule has 3 rings (SSSR count). The van der Waals surface area contributed by atoms with Gasteiger partial charge >= 0.3 is 12.1 Å². The van der Waals surface area contributed by atoms with Gasteiger partial charge in [0.15, 0.2) is 0 Å². The molecule has 2 heterocycles. The summed E-state index contributed by atoms with van der Waals surface area (Å²) >= 11 is 1.61. The molecule has 0 radical (unpaired) electrons. The van der Waals surface area contributed by atoms with E-state index in [0.717, 1.165) is 21.0 Å². The number of alkyl halides is 3. The van der Waals surface area contributed by atoms with Crippen LogP contribution in [0.25, 0.3) is 21.0 Å². The van der Waals surface area contributed by atoms with Crippen molar-refractivity contribution in [3.63, 3.8) is 0 Å². The van der Waals surface area contributed by atoms with Crippen molar-refractivity contribution in [2.24, 2.45) is 0 Å². The smallest absolute Gasteiger partial charge is 0.475 e. The number of carbonyl (C=O) groups is 1. The van der Waals surface area contributed by atoms with Crippen LogP contribution in [0.15, 0.2) is 40.5 Å². The first-order valence-electron chi connectivity index (χ1n) is 5.59. The molecule has 110 valence electrons. The van der Waals surface area contributed by atoms with E-state index < -0.39 is 12.1 Å². The van der Waals surface area contributed by atoms with E-state index >= 15 is 0 Å². The third-order valence-corrected chi connectivity index (χ3v) is 3.52. The van der Waals surface area contributed by atoms with Gasteiger partial charge in [0.05, 0.1) is 5.39 Å². The molecule has 0 atom stereocenters. The molecule has 21 heavy (non-hydrogen) atoms. The standard InChI is InChI=1S/C11H7NOS.C2HF3O2/c13-11-8-5-6-14-10(8)7-3-1-2-4-9(7)12-11;3-2(4,5)1(6)7/h1-6H,(H,12,13);(H,6,7). The summed E-state index contributed by atoms with van der Waals surface area (Å²) in [6.45, 7) is 0. The van der Waals surface area contributed by atoms with E-state index in [4.69, 9.17) is 9.90 Å². The number of carboxylic acid groups (broad SMARTS) is 1. The minimum absolute atomic E-state index is 0.0000463. The monoisotopic (exact) mass is 315 g/mol. The van der Waals surface area contributed by atoms with Crippen molar-refractivity contribution in [2.45, 2.75) is 6.18 Å². The van der Waals surface area contributed by atoms with Gasteiger partial charge in [0.2, 0.25) is 0 Å². The second kappa shape index (κ2) is 5.57. The Hall–Kier alpha value is -2.35. The fraction of sp³-hybridized carbons (Fsp3) is 0.0769. The predicted molar refractivity (Wildman–Crippen MR) is 73.6 cm³/mol. The minimum Gasteiger partial charge on any atom is -0.475 e. The van der Waals surface area contributed by atoms with Crippen molar-refractivity contribution < 1.29 is 23.1 Å². The molecular weight excluding hydrogens is 307 g/mol. The number of hydrogen-bond donors (Lipinski definition) is 2. The molecule has 0 saturated heterocycles. The van der Waals surface area contributed by atoms with E-state index in [1.807, 2.05) is 35.7 Å². The van der Waals surface area contributed by atoms with Crippen LogP contribution >= 0.6 is 11.3 Å². The Bertz CT molecular complexity index is 851. The molecule has 0 aliphatic rings. The Morgan fingerprint density at radius 2 is 1.76 bits per heavy atom. The van der Waals surface area contributed by atoms with Crippen LogP contribution in [0.5, 0.6) is 0 Å². The van der Waals surface area contributed by atoms with E-state index in [9.17, 15) is 18.0 Å². The summed E-state index contributed by atoms with van der Waals surface area (Å²) in [6, 6.07) is 9.74. The lowest BCUT2D eigenvalue weighted by molar-refractivity contribution is -0.192. The van der Waals surface area contributed by atoms with Crippen molar-refractivity contribution in [1.82, 2.24) is 4.98 Å². The molecule has 1 aromatic carbocycles. The third-order valence-electron chi connectivity index (χ3n) is 2.57. The van der Waals surface area contributed by atoms with Crippen LogP contribution < -0.4 is 5.56 Å². The van der Waals surface area contributed by atoms with E-state index in [0.29, 0.717) is 0 Å². The van der Waals surface area contributed by atoms with E-state index in [1.54, 1.807) is 11.3 Å². The second-order valence-electron chi connectivity index (χ2n) is 3.97. The topological polar surface area (TPSA) is 70.2 Å². The van der Waals surface area contributed by atoms with Crippen molar-refractivity contribution in [3.05, 3.63) is 46.1 Å². The quantitative estimate of drug-likeness (QED) is 0.668. The SMILES string of the molecule is O=C(O)C(F)(F)F.O=c1[nH]c2ccccc2c2sccc12. The summed E-state index contributed by atoms with van der Waals surface area (Å²) in [5, 5.41) is 11.0. The van der Waals surface area contributed by atoms with Crippen LogP contribution in [0.2, 0.25) is 0 Å². The van der Waals surface area contributed by atoms with Gasteiger partial charge in [-0.1, -0.05) is 18.2 Å². The number of benzene rings is 1. The molecule has 0 spiro atoms. The zero-order valence-corrected chi connectivity index (χ0v) is 11.1. The number of fused-ring (bicyclic) bond motifs is 3. The molecular formula is C13H8F3NO3S. The summed E-state index contributed by atoms with van der Waals surface area (Å²) in [7, 11) is 0. The van der Waals surface area contributed by atoms with Gasteiger partial charge in [-0.05, 0) is 17.5 Å². The number of thiophene rings is 1. The second-order valence-corrected chi connectivity index (χ2v) is 4.88. The number of nitrogens with one attached hydrogen (secondary N) is 1. The first kappa shape index (κ1) is 15.0. The minimum atomic E-state index is -5.08. The van der Waals surface area contributed by atoms with Crippen LogP contribution in [0.4, 0.5) is 13.2 Å². The van der Waals surface area contributed by atoms with Crippen LogP contribution in [0.1, 0.15) is 0 Å². The van der Waals surface area contributed by atoms with Gasteiger partial charge in [-0.25, -0.2) is 4.79 Å². The lowest BCUT2D eigenvalue weighted by Crippen LogP contribution is -2.21. The maximum atomic E-state index is 11.6. The molecule has 0 aliphatic carbocycles. The fourth-order valence-electron chi connectivity index (χ4n) is 1.68. The number of para-hydroxylation sites is 1. The van der Waals surface area contributed by atoms with Gasteiger partial charge in [0.25, 0.3) is 5.56 Å². The van der Waals surface area contributed by atoms with E-state index in [1.165, 1.54) is 0 Å². The van der Waals surface area contributed by atoms with Gasteiger partial charge in [0.1, 0.15) is 0 Å². The highest BCUT2D eigenvalue weighted by molar-refractivity contribution is 7.18. The lowest BCUT2D eigenvalue weighted by atomic mass is 10.2. The highest BCUT2D eigenvalue weighted by Crippen LogP contribution is 2.25. The number of aromatic nitrogens is 1. The molecule has 0 bridgehead atoms. The summed E-state index contributed by atoms with van der Waals surface area (Å²) in [5.41, 5.74) is 0.910. The van der Waals surface area contributed by atoms with Crippen molar-refractivity contribution >= 4 is 38.3 Å². The van der Waals surface area contributed by atoms with Gasteiger partial charge in [0, 0.05) is 15.6 Å². The third kappa shape index (κ3) is 3.22. The zero-order valence-electron chi connectivity index (χ0n) is 10.3. The summed E-state index contributed by atoms with van der Waals surface area (Å²) in [4.78, 5) is 23.4. The van der Waals surface area contributed by atoms with Gasteiger partial charge in [-0.15, -0.1) is 11.3 Å². The highest BCUT2D eigenvalue weighted by Gasteiger charge is 2.38. The Labute approximate surface area is 119 Å². The zero-order chi connectivity index (χ0) is 15.6. The molecule has 0 aliphatic heterocycles. The summed E-state index contributed by atoms with van der Waals surface area (Å²) in [6.07, 6.45) is -5.08. The molecule has 0 saturated carbocycles. The number of rotatable bonds is 0. The number of H-pyrrole nitrogens is 1. The lowest BCUT2D eigenvalue weighted by Gasteiger charge is -1.97. The maximum absolute atomic E-state index is 11.6. The van der Waals surface area contributed by atoms with Crippen molar-refractivity contribution in [3.8, 4) is 0 Å². The first-order chi connectivity index (χ1) is 9.80. The van der Waals surface area contributed by atoms with Gasteiger partial charge < -0.3 is 10.1 Å². The summed E-state index contributed by atoms with van der Waals surface area (Å²) in [5.74, 6) is -2.76. The molecule has 2 aromatic heterocycles. The molecule has 8 heteroatoms. The van der Waals surface area contributed by atoms with Crippen molar-refractivity contribution in [2.75, 3.05) is 0 Å². The number of halogens is 3. The fourth-order valence-corrected chi connectivity index (χ4v) is 2.61. The Balaban J connectivity index is 0.000000199. The van der Waals surface area contributed by atoms with Crippen LogP contribution in [0, 0.1) is 0 Å². The first-order valence-corrected chi connectivity index (χ1v) is 6.47. The maximum Gasteiger partial charge on any atom is 0.490 e. The average Bonchev–Trinajstić information content (AvgIpc) is 2.88. The number of carboxylic acids is 1. The highest BCUT2D eigenvalue weighted by atomic mass is 32.1. The average molecular weight is 315 g/mol. The molecule has 0 fully saturated rings.